The number of halogens is 3. The van der Waals surface area contributed by atoms with Crippen LogP contribution in [0.4, 0.5) is 10.1 Å². The highest BCUT2D eigenvalue weighted by atomic mass is 35.5. The molecule has 0 saturated heterocycles. The lowest BCUT2D eigenvalue weighted by molar-refractivity contribution is -0.136. The molecular weight excluding hydrogens is 444 g/mol. The summed E-state index contributed by atoms with van der Waals surface area (Å²) < 4.78 is 19.2. The molecule has 0 aliphatic carbocycles. The molecule has 0 spiro atoms. The molecule has 0 saturated carbocycles. The van der Waals surface area contributed by atoms with Gasteiger partial charge in [0, 0.05) is 5.02 Å². The Kier molecular flexibility index (Phi) is 7.59. The van der Waals surface area contributed by atoms with Gasteiger partial charge in [0.15, 0.2) is 0 Å². The van der Waals surface area contributed by atoms with Crippen molar-refractivity contribution >= 4 is 46.9 Å². The van der Waals surface area contributed by atoms with Gasteiger partial charge >= 0.3 is 11.8 Å². The molecule has 0 heterocycles. The summed E-state index contributed by atoms with van der Waals surface area (Å²) in [4.78, 5) is 23.6. The quantitative estimate of drug-likeness (QED) is 0.315. The Bertz CT molecular complexity index is 1120. The van der Waals surface area contributed by atoms with Gasteiger partial charge in [-0.25, -0.2) is 9.82 Å². The number of amides is 2. The Labute approximate surface area is 187 Å². The highest BCUT2D eigenvalue weighted by Gasteiger charge is 2.14. The van der Waals surface area contributed by atoms with Crippen LogP contribution in [0.1, 0.15) is 11.1 Å². The molecular formula is C22H16Cl2FN3O3. The lowest BCUT2D eigenvalue weighted by Crippen LogP contribution is -2.32. The molecule has 158 valence electrons. The van der Waals surface area contributed by atoms with E-state index >= 15 is 0 Å². The molecule has 0 aliphatic heterocycles. The van der Waals surface area contributed by atoms with Gasteiger partial charge in [-0.05, 0) is 53.6 Å². The fourth-order valence-corrected chi connectivity index (χ4v) is 2.78. The standard InChI is InChI=1S/C22H16Cl2FN3O3/c23-16-8-5-14(6-9-16)13-31-20-10-7-15(11-17(20)24)12-26-28-22(30)21(29)27-19-4-2-1-3-18(19)25/h1-12H,13H2,(H,27,29)(H,28,30)/b26-12-. The zero-order valence-electron chi connectivity index (χ0n) is 15.9. The van der Waals surface area contributed by atoms with Gasteiger partial charge in [-0.15, -0.1) is 0 Å². The first-order valence-corrected chi connectivity index (χ1v) is 9.73. The molecule has 0 radical (unpaired) electrons. The SMILES string of the molecule is O=C(N/N=C\c1ccc(OCc2ccc(Cl)cc2)c(Cl)c1)C(=O)Nc1ccccc1F. The lowest BCUT2D eigenvalue weighted by Gasteiger charge is -2.09. The molecule has 9 heteroatoms. The van der Waals surface area contributed by atoms with Crippen LogP contribution in [-0.2, 0) is 16.2 Å². The molecule has 0 unspecified atom stereocenters. The van der Waals surface area contributed by atoms with Crippen molar-refractivity contribution in [2.75, 3.05) is 5.32 Å². The summed E-state index contributed by atoms with van der Waals surface area (Å²) in [5.41, 5.74) is 3.46. The largest absolute Gasteiger partial charge is 0.487 e. The Morgan fingerprint density at radius 3 is 2.45 bits per heavy atom. The van der Waals surface area contributed by atoms with Gasteiger partial charge in [0.25, 0.3) is 0 Å². The van der Waals surface area contributed by atoms with Crippen LogP contribution >= 0.6 is 23.2 Å². The van der Waals surface area contributed by atoms with Crippen molar-refractivity contribution in [1.82, 2.24) is 5.43 Å². The minimum Gasteiger partial charge on any atom is -0.487 e. The first-order valence-electron chi connectivity index (χ1n) is 8.98. The number of nitrogens with one attached hydrogen (secondary N) is 2. The number of carbonyl (C=O) groups excluding carboxylic acids is 2. The predicted octanol–water partition coefficient (Wildman–Crippen LogP) is 4.80. The van der Waals surface area contributed by atoms with E-state index < -0.39 is 17.6 Å². The molecule has 6 nitrogen and oxygen atoms in total. The van der Waals surface area contributed by atoms with E-state index in [-0.39, 0.29) is 5.69 Å². The predicted molar refractivity (Wildman–Crippen MR) is 118 cm³/mol. The smallest absolute Gasteiger partial charge is 0.329 e. The van der Waals surface area contributed by atoms with Crippen LogP contribution in [-0.4, -0.2) is 18.0 Å². The summed E-state index contributed by atoms with van der Waals surface area (Å²) >= 11 is 12.1. The maximum Gasteiger partial charge on any atom is 0.329 e. The number of hydrogen-bond donors (Lipinski definition) is 2. The van der Waals surface area contributed by atoms with Crippen LogP contribution in [0, 0.1) is 5.82 Å². The Morgan fingerprint density at radius 1 is 1.00 bits per heavy atom. The van der Waals surface area contributed by atoms with Gasteiger partial charge in [-0.2, -0.15) is 5.10 Å². The summed E-state index contributed by atoms with van der Waals surface area (Å²) in [5.74, 6) is -2.28. The van der Waals surface area contributed by atoms with Crippen LogP contribution in [0.5, 0.6) is 5.75 Å². The monoisotopic (exact) mass is 459 g/mol. The average Bonchev–Trinajstić information content (AvgIpc) is 2.76. The van der Waals surface area contributed by atoms with E-state index in [1.807, 2.05) is 12.1 Å². The first-order chi connectivity index (χ1) is 14.9. The van der Waals surface area contributed by atoms with E-state index in [0.29, 0.717) is 28.0 Å². The van der Waals surface area contributed by atoms with Crippen molar-refractivity contribution in [3.05, 3.63) is 93.7 Å². The first kappa shape index (κ1) is 22.3. The number of anilines is 1. The summed E-state index contributed by atoms with van der Waals surface area (Å²) in [7, 11) is 0. The summed E-state index contributed by atoms with van der Waals surface area (Å²) in [5, 5.41) is 6.86. The molecule has 0 fully saturated rings. The molecule has 2 N–H and O–H groups in total. The second kappa shape index (κ2) is 10.6. The Balaban J connectivity index is 1.53. The molecule has 3 aromatic rings. The number of hydrazone groups is 1. The topological polar surface area (TPSA) is 79.8 Å². The van der Waals surface area contributed by atoms with Crippen LogP contribution < -0.4 is 15.5 Å². The summed E-state index contributed by atoms with van der Waals surface area (Å²) in [6.45, 7) is 0.317. The van der Waals surface area contributed by atoms with Crippen molar-refractivity contribution in [1.29, 1.82) is 0 Å². The normalized spacial score (nSPS) is 10.7. The number of ether oxygens (including phenoxy) is 1. The minimum atomic E-state index is -1.05. The number of benzene rings is 3. The maximum atomic E-state index is 13.5. The Morgan fingerprint density at radius 2 is 1.74 bits per heavy atom. The van der Waals surface area contributed by atoms with Gasteiger partial charge in [-0.1, -0.05) is 47.5 Å². The van der Waals surface area contributed by atoms with Crippen LogP contribution in [0.3, 0.4) is 0 Å². The highest BCUT2D eigenvalue weighted by Crippen LogP contribution is 2.26. The van der Waals surface area contributed by atoms with Crippen molar-refractivity contribution in [3.8, 4) is 5.75 Å². The Hall–Kier alpha value is -3.42. The lowest BCUT2D eigenvalue weighted by atomic mass is 10.2. The second-order valence-corrected chi connectivity index (χ2v) is 7.08. The number of para-hydroxylation sites is 1. The van der Waals surface area contributed by atoms with E-state index in [1.165, 1.54) is 24.4 Å². The number of hydrogen-bond acceptors (Lipinski definition) is 4. The molecule has 0 aromatic heterocycles. The molecule has 3 aromatic carbocycles. The van der Waals surface area contributed by atoms with Gasteiger partial charge < -0.3 is 10.1 Å². The third-order valence-corrected chi connectivity index (χ3v) is 4.52. The van der Waals surface area contributed by atoms with Crippen molar-refractivity contribution in [2.45, 2.75) is 6.61 Å². The zero-order valence-corrected chi connectivity index (χ0v) is 17.5. The molecule has 2 amide bonds. The third kappa shape index (κ3) is 6.53. The molecule has 3 rings (SSSR count). The fraction of sp³-hybridized carbons (Fsp3) is 0.0455. The van der Waals surface area contributed by atoms with E-state index in [9.17, 15) is 14.0 Å². The summed E-state index contributed by atoms with van der Waals surface area (Å²) in [6.07, 6.45) is 1.31. The van der Waals surface area contributed by atoms with Crippen LogP contribution in [0.15, 0.2) is 71.8 Å². The van der Waals surface area contributed by atoms with Gasteiger partial charge in [0.05, 0.1) is 16.9 Å². The van der Waals surface area contributed by atoms with E-state index in [0.717, 1.165) is 11.6 Å². The van der Waals surface area contributed by atoms with Gasteiger partial charge in [0.2, 0.25) is 0 Å². The minimum absolute atomic E-state index is 0.104. The number of carbonyl (C=O) groups is 2. The van der Waals surface area contributed by atoms with Gasteiger partial charge in [0.1, 0.15) is 18.2 Å². The van der Waals surface area contributed by atoms with Crippen LogP contribution in [0.25, 0.3) is 0 Å². The molecule has 0 atom stereocenters. The summed E-state index contributed by atoms with van der Waals surface area (Å²) in [6, 6.07) is 17.7. The van der Waals surface area contributed by atoms with Crippen LogP contribution in [0.2, 0.25) is 10.0 Å². The van der Waals surface area contributed by atoms with E-state index in [1.54, 1.807) is 30.3 Å². The zero-order chi connectivity index (χ0) is 22.2. The second-order valence-electron chi connectivity index (χ2n) is 6.24. The number of rotatable bonds is 6. The highest BCUT2D eigenvalue weighted by molar-refractivity contribution is 6.39. The molecule has 0 bridgehead atoms. The van der Waals surface area contributed by atoms with Crippen molar-refractivity contribution < 1.29 is 18.7 Å². The molecule has 31 heavy (non-hydrogen) atoms. The maximum absolute atomic E-state index is 13.5. The number of nitrogens with zero attached hydrogens (tertiary/aromatic N) is 1. The fourth-order valence-electron chi connectivity index (χ4n) is 2.41. The average molecular weight is 460 g/mol. The van der Waals surface area contributed by atoms with Gasteiger partial charge in [-0.3, -0.25) is 9.59 Å². The van der Waals surface area contributed by atoms with Crippen molar-refractivity contribution in [2.24, 2.45) is 5.10 Å². The molecule has 0 aliphatic rings. The van der Waals surface area contributed by atoms with E-state index in [4.69, 9.17) is 27.9 Å². The van der Waals surface area contributed by atoms with Crippen molar-refractivity contribution in [3.63, 3.8) is 0 Å². The third-order valence-electron chi connectivity index (χ3n) is 3.97. The van der Waals surface area contributed by atoms with E-state index in [2.05, 4.69) is 15.8 Å².